The Morgan fingerprint density at radius 3 is 2.84 bits per heavy atom. The minimum absolute atomic E-state index is 0.202. The third-order valence-electron chi connectivity index (χ3n) is 2.90. The lowest BCUT2D eigenvalue weighted by atomic mass is 10.0. The van der Waals surface area contributed by atoms with Crippen molar-refractivity contribution in [2.45, 2.75) is 32.4 Å². The van der Waals surface area contributed by atoms with Crippen molar-refractivity contribution in [2.24, 2.45) is 5.73 Å². The Labute approximate surface area is 126 Å². The molecule has 0 fully saturated rings. The summed E-state index contributed by atoms with van der Waals surface area (Å²) in [7, 11) is 0. The summed E-state index contributed by atoms with van der Waals surface area (Å²) in [6.45, 7) is 4.13. The van der Waals surface area contributed by atoms with E-state index in [4.69, 9.17) is 17.3 Å². The van der Waals surface area contributed by atoms with E-state index < -0.39 is 0 Å². The van der Waals surface area contributed by atoms with Crippen molar-refractivity contribution in [3.63, 3.8) is 0 Å². The van der Waals surface area contributed by atoms with Gasteiger partial charge in [0.05, 0.1) is 0 Å². The van der Waals surface area contributed by atoms with Crippen LogP contribution in [0.2, 0.25) is 5.02 Å². The van der Waals surface area contributed by atoms with Gasteiger partial charge in [0.25, 0.3) is 0 Å². The van der Waals surface area contributed by atoms with E-state index >= 15 is 0 Å². The minimum atomic E-state index is -0.202. The molecule has 0 bridgehead atoms. The predicted molar refractivity (Wildman–Crippen MR) is 80.2 cm³/mol. The maximum absolute atomic E-state index is 6.24. The molecule has 0 spiro atoms. The van der Waals surface area contributed by atoms with E-state index in [1.54, 1.807) is 6.33 Å². The van der Waals surface area contributed by atoms with Crippen molar-refractivity contribution in [3.05, 3.63) is 45.4 Å². The van der Waals surface area contributed by atoms with Gasteiger partial charge < -0.3 is 5.73 Å². The molecule has 0 aliphatic heterocycles. The molecule has 1 aromatic carbocycles. The molecule has 1 aromatic heterocycles. The number of aromatic nitrogens is 3. The summed E-state index contributed by atoms with van der Waals surface area (Å²) in [4.78, 5) is 4.27. The molecule has 0 amide bonds. The Hall–Kier alpha value is -0.910. The summed E-state index contributed by atoms with van der Waals surface area (Å²) < 4.78 is 2.85. The third kappa shape index (κ3) is 3.35. The molecule has 0 aliphatic carbocycles. The van der Waals surface area contributed by atoms with Gasteiger partial charge in [0.15, 0.2) is 0 Å². The summed E-state index contributed by atoms with van der Waals surface area (Å²) in [6.07, 6.45) is 2.17. The molecular weight excluding hydrogens is 328 g/mol. The molecule has 0 saturated carbocycles. The molecule has 102 valence electrons. The predicted octanol–water partition coefficient (Wildman–Crippen LogP) is 3.52. The lowest BCUT2D eigenvalue weighted by Gasteiger charge is -2.15. The van der Waals surface area contributed by atoms with E-state index in [-0.39, 0.29) is 12.1 Å². The van der Waals surface area contributed by atoms with Gasteiger partial charge in [-0.05, 0) is 37.6 Å². The van der Waals surface area contributed by atoms with Crippen LogP contribution in [0, 0.1) is 0 Å². The Morgan fingerprint density at radius 1 is 1.42 bits per heavy atom. The number of hydrogen-bond donors (Lipinski definition) is 1. The third-order valence-corrected chi connectivity index (χ3v) is 3.73. The van der Waals surface area contributed by atoms with Crippen LogP contribution in [0.15, 0.2) is 29.0 Å². The van der Waals surface area contributed by atoms with E-state index in [1.807, 2.05) is 22.9 Å². The van der Waals surface area contributed by atoms with E-state index in [2.05, 4.69) is 39.9 Å². The van der Waals surface area contributed by atoms with E-state index in [9.17, 15) is 0 Å². The van der Waals surface area contributed by atoms with Crippen molar-refractivity contribution in [1.82, 2.24) is 14.8 Å². The largest absolute Gasteiger partial charge is 0.324 e. The molecule has 1 unspecified atom stereocenters. The SMILES string of the molecule is CC(C)n1ncnc1CC(N)c1cc(Br)ccc1Cl. The van der Waals surface area contributed by atoms with Gasteiger partial charge >= 0.3 is 0 Å². The first-order valence-corrected chi connectivity index (χ1v) is 7.25. The number of nitrogens with zero attached hydrogens (tertiary/aromatic N) is 3. The zero-order valence-electron chi connectivity index (χ0n) is 10.8. The Kier molecular flexibility index (Phi) is 4.60. The second-order valence-electron chi connectivity index (χ2n) is 4.69. The highest BCUT2D eigenvalue weighted by Gasteiger charge is 2.16. The summed E-state index contributed by atoms with van der Waals surface area (Å²) in [5, 5.41) is 4.88. The van der Waals surface area contributed by atoms with Crippen LogP contribution in [-0.4, -0.2) is 14.8 Å². The summed E-state index contributed by atoms with van der Waals surface area (Å²) >= 11 is 9.62. The number of benzene rings is 1. The quantitative estimate of drug-likeness (QED) is 0.924. The summed E-state index contributed by atoms with van der Waals surface area (Å²) in [5.41, 5.74) is 7.15. The molecule has 4 nitrogen and oxygen atoms in total. The first kappa shape index (κ1) is 14.5. The maximum Gasteiger partial charge on any atom is 0.138 e. The molecule has 2 rings (SSSR count). The fraction of sp³-hybridized carbons (Fsp3) is 0.385. The highest BCUT2D eigenvalue weighted by Crippen LogP contribution is 2.27. The fourth-order valence-corrected chi connectivity index (χ4v) is 2.59. The molecule has 19 heavy (non-hydrogen) atoms. The lowest BCUT2D eigenvalue weighted by molar-refractivity contribution is 0.493. The standard InChI is InChI=1S/C13H16BrClN4/c1-8(2)19-13(17-7-18-19)6-12(16)10-5-9(14)3-4-11(10)15/h3-5,7-8,12H,6,16H2,1-2H3. The van der Waals surface area contributed by atoms with Crippen LogP contribution in [-0.2, 0) is 6.42 Å². The van der Waals surface area contributed by atoms with Gasteiger partial charge in [0.2, 0.25) is 0 Å². The molecule has 0 radical (unpaired) electrons. The van der Waals surface area contributed by atoms with Crippen molar-refractivity contribution < 1.29 is 0 Å². The highest BCUT2D eigenvalue weighted by molar-refractivity contribution is 9.10. The maximum atomic E-state index is 6.24. The summed E-state index contributed by atoms with van der Waals surface area (Å²) in [5.74, 6) is 0.874. The van der Waals surface area contributed by atoms with Crippen molar-refractivity contribution in [3.8, 4) is 0 Å². The van der Waals surface area contributed by atoms with Crippen molar-refractivity contribution in [1.29, 1.82) is 0 Å². The molecule has 0 aliphatic rings. The van der Waals surface area contributed by atoms with Gasteiger partial charge in [0.1, 0.15) is 12.2 Å². The first-order valence-electron chi connectivity index (χ1n) is 6.08. The number of halogens is 2. The molecule has 2 aromatic rings. The second kappa shape index (κ2) is 6.03. The normalized spacial score (nSPS) is 12.9. The summed E-state index contributed by atoms with van der Waals surface area (Å²) in [6, 6.07) is 5.75. The zero-order valence-corrected chi connectivity index (χ0v) is 13.2. The molecule has 0 saturated heterocycles. The fourth-order valence-electron chi connectivity index (χ4n) is 1.96. The molecule has 1 atom stereocenters. The average Bonchev–Trinajstić information content (AvgIpc) is 2.80. The van der Waals surface area contributed by atoms with Gasteiger partial charge in [-0.15, -0.1) is 0 Å². The molecule has 2 N–H and O–H groups in total. The van der Waals surface area contributed by atoms with E-state index in [0.29, 0.717) is 11.4 Å². The lowest BCUT2D eigenvalue weighted by Crippen LogP contribution is -2.18. The van der Waals surface area contributed by atoms with E-state index in [1.165, 1.54) is 0 Å². The number of hydrogen-bond acceptors (Lipinski definition) is 3. The van der Waals surface area contributed by atoms with Gasteiger partial charge in [-0.2, -0.15) is 5.10 Å². The topological polar surface area (TPSA) is 56.7 Å². The first-order chi connectivity index (χ1) is 8.99. The van der Waals surface area contributed by atoms with Crippen LogP contribution < -0.4 is 5.73 Å². The van der Waals surface area contributed by atoms with E-state index in [0.717, 1.165) is 15.9 Å². The van der Waals surface area contributed by atoms with Crippen LogP contribution in [0.5, 0.6) is 0 Å². The van der Waals surface area contributed by atoms with Crippen LogP contribution in [0.1, 0.15) is 37.3 Å². The van der Waals surface area contributed by atoms with Crippen LogP contribution in [0.3, 0.4) is 0 Å². The zero-order chi connectivity index (χ0) is 14.0. The molecule has 6 heteroatoms. The molecule has 1 heterocycles. The second-order valence-corrected chi connectivity index (χ2v) is 6.01. The Balaban J connectivity index is 2.23. The van der Waals surface area contributed by atoms with Gasteiger partial charge in [-0.25, -0.2) is 9.67 Å². The Morgan fingerprint density at radius 2 is 2.16 bits per heavy atom. The van der Waals surface area contributed by atoms with Crippen molar-refractivity contribution >= 4 is 27.5 Å². The van der Waals surface area contributed by atoms with Gasteiger partial charge in [-0.3, -0.25) is 0 Å². The number of rotatable bonds is 4. The average molecular weight is 344 g/mol. The van der Waals surface area contributed by atoms with Crippen LogP contribution >= 0.6 is 27.5 Å². The minimum Gasteiger partial charge on any atom is -0.324 e. The number of nitrogens with two attached hydrogens (primary N) is 1. The molecular formula is C13H16BrClN4. The van der Waals surface area contributed by atoms with Crippen molar-refractivity contribution in [2.75, 3.05) is 0 Å². The monoisotopic (exact) mass is 342 g/mol. The smallest absolute Gasteiger partial charge is 0.138 e. The Bertz CT molecular complexity index is 568. The highest BCUT2D eigenvalue weighted by atomic mass is 79.9. The van der Waals surface area contributed by atoms with Crippen LogP contribution in [0.4, 0.5) is 0 Å². The van der Waals surface area contributed by atoms with Gasteiger partial charge in [-0.1, -0.05) is 27.5 Å². The van der Waals surface area contributed by atoms with Crippen LogP contribution in [0.25, 0.3) is 0 Å². The van der Waals surface area contributed by atoms with Gasteiger partial charge in [0, 0.05) is 28.0 Å².